The van der Waals surface area contributed by atoms with Crippen molar-refractivity contribution < 1.29 is 0 Å². The molecule has 0 heterocycles. The Kier molecular flexibility index (Phi) is 5.06. The van der Waals surface area contributed by atoms with Crippen LogP contribution in [0.2, 0.25) is 15.1 Å². The molecule has 0 fully saturated rings. The molecule has 1 atom stereocenters. The Morgan fingerprint density at radius 1 is 1.05 bits per heavy atom. The van der Waals surface area contributed by atoms with Crippen LogP contribution in [0, 0.1) is 11.3 Å². The van der Waals surface area contributed by atoms with Gasteiger partial charge in [0.25, 0.3) is 0 Å². The summed E-state index contributed by atoms with van der Waals surface area (Å²) in [5.41, 5.74) is 0.550. The summed E-state index contributed by atoms with van der Waals surface area (Å²) in [5.74, 6) is 0. The average molecular weight is 405 g/mol. The number of nitriles is 1. The zero-order valence-electron chi connectivity index (χ0n) is 10.9. The number of benzene rings is 2. The Hall–Kier alpha value is -0.920. The van der Waals surface area contributed by atoms with Gasteiger partial charge in [-0.1, -0.05) is 40.9 Å². The van der Waals surface area contributed by atoms with Crippen molar-refractivity contribution in [2.45, 2.75) is 12.5 Å². The van der Waals surface area contributed by atoms with Crippen LogP contribution < -0.4 is 5.32 Å². The fourth-order valence-electron chi connectivity index (χ4n) is 1.83. The van der Waals surface area contributed by atoms with Crippen LogP contribution in [-0.2, 0) is 5.54 Å². The second-order valence-corrected chi connectivity index (χ2v) is 6.70. The summed E-state index contributed by atoms with van der Waals surface area (Å²) < 4.78 is 0.753. The van der Waals surface area contributed by atoms with Crippen LogP contribution in [0.3, 0.4) is 0 Å². The van der Waals surface area contributed by atoms with Gasteiger partial charge >= 0.3 is 0 Å². The predicted octanol–water partition coefficient (Wildman–Crippen LogP) is 6.26. The normalized spacial score (nSPS) is 13.3. The SMILES string of the molecule is CC(C#N)(Nc1ccc(Cl)c(Br)c1)c1ccc(Cl)c(Cl)c1. The van der Waals surface area contributed by atoms with Crippen molar-refractivity contribution in [3.05, 3.63) is 61.5 Å². The smallest absolute Gasteiger partial charge is 0.148 e. The third-order valence-corrected chi connectivity index (χ3v) is 4.99. The number of rotatable bonds is 3. The molecule has 0 spiro atoms. The quantitative estimate of drug-likeness (QED) is 0.655. The molecule has 0 bridgehead atoms. The first kappa shape index (κ1) is 16.5. The van der Waals surface area contributed by atoms with Crippen LogP contribution in [0.4, 0.5) is 5.69 Å². The van der Waals surface area contributed by atoms with E-state index in [0.29, 0.717) is 15.1 Å². The van der Waals surface area contributed by atoms with Crippen LogP contribution in [0.5, 0.6) is 0 Å². The zero-order chi connectivity index (χ0) is 15.6. The molecule has 108 valence electrons. The number of anilines is 1. The molecule has 0 aliphatic heterocycles. The molecule has 0 aliphatic rings. The molecule has 0 saturated carbocycles. The molecule has 0 saturated heterocycles. The molecule has 0 aliphatic carbocycles. The van der Waals surface area contributed by atoms with Gasteiger partial charge in [-0.15, -0.1) is 0 Å². The molecule has 2 aromatic rings. The predicted molar refractivity (Wildman–Crippen MR) is 92.2 cm³/mol. The lowest BCUT2D eigenvalue weighted by Crippen LogP contribution is -2.30. The zero-order valence-corrected chi connectivity index (χ0v) is 14.8. The van der Waals surface area contributed by atoms with Gasteiger partial charge in [0.05, 0.1) is 21.1 Å². The Morgan fingerprint density at radius 3 is 2.29 bits per heavy atom. The highest BCUT2D eigenvalue weighted by atomic mass is 79.9. The fourth-order valence-corrected chi connectivity index (χ4v) is 2.63. The number of hydrogen-bond donors (Lipinski definition) is 1. The van der Waals surface area contributed by atoms with Gasteiger partial charge in [-0.05, 0) is 58.7 Å². The van der Waals surface area contributed by atoms with Gasteiger partial charge < -0.3 is 5.32 Å². The number of hydrogen-bond acceptors (Lipinski definition) is 2. The van der Waals surface area contributed by atoms with Gasteiger partial charge in [0, 0.05) is 10.2 Å². The first-order valence-corrected chi connectivity index (χ1v) is 7.88. The third kappa shape index (κ3) is 3.64. The molecule has 0 amide bonds. The molecular weight excluding hydrogens is 394 g/mol. The molecule has 2 nitrogen and oxygen atoms in total. The fraction of sp³-hybridized carbons (Fsp3) is 0.133. The maximum Gasteiger partial charge on any atom is 0.148 e. The minimum absolute atomic E-state index is 0.412. The minimum atomic E-state index is -0.943. The summed E-state index contributed by atoms with van der Waals surface area (Å²) in [6.07, 6.45) is 0. The van der Waals surface area contributed by atoms with Crippen molar-refractivity contribution in [3.63, 3.8) is 0 Å². The van der Waals surface area contributed by atoms with E-state index in [0.717, 1.165) is 15.7 Å². The molecule has 21 heavy (non-hydrogen) atoms. The van der Waals surface area contributed by atoms with Crippen LogP contribution >= 0.6 is 50.7 Å². The molecule has 0 radical (unpaired) electrons. The van der Waals surface area contributed by atoms with Crippen molar-refractivity contribution in [2.75, 3.05) is 5.32 Å². The monoisotopic (exact) mass is 402 g/mol. The Labute approximate surface area is 146 Å². The van der Waals surface area contributed by atoms with E-state index in [1.807, 2.05) is 6.07 Å². The van der Waals surface area contributed by atoms with Gasteiger partial charge in [0.2, 0.25) is 0 Å². The van der Waals surface area contributed by atoms with E-state index >= 15 is 0 Å². The summed E-state index contributed by atoms with van der Waals surface area (Å²) in [5, 5.41) is 14.2. The number of halogens is 4. The maximum atomic E-state index is 9.56. The molecule has 2 aromatic carbocycles. The highest BCUT2D eigenvalue weighted by Crippen LogP contribution is 2.33. The second-order valence-electron chi connectivity index (χ2n) is 4.62. The molecule has 2 rings (SSSR count). The van der Waals surface area contributed by atoms with Crippen molar-refractivity contribution in [2.24, 2.45) is 0 Å². The summed E-state index contributed by atoms with van der Waals surface area (Å²) in [6.45, 7) is 1.77. The lowest BCUT2D eigenvalue weighted by molar-refractivity contribution is 0.706. The lowest BCUT2D eigenvalue weighted by atomic mass is 9.93. The van der Waals surface area contributed by atoms with E-state index in [-0.39, 0.29) is 0 Å². The van der Waals surface area contributed by atoms with Gasteiger partial charge in [0.15, 0.2) is 0 Å². The molecular formula is C15H10BrCl3N2. The van der Waals surface area contributed by atoms with Crippen LogP contribution in [0.1, 0.15) is 12.5 Å². The third-order valence-electron chi connectivity index (χ3n) is 3.03. The van der Waals surface area contributed by atoms with Crippen LogP contribution in [-0.4, -0.2) is 0 Å². The molecule has 0 aromatic heterocycles. The largest absolute Gasteiger partial charge is 0.364 e. The van der Waals surface area contributed by atoms with Gasteiger partial charge in [-0.3, -0.25) is 0 Å². The molecule has 6 heteroatoms. The van der Waals surface area contributed by atoms with E-state index in [1.165, 1.54) is 0 Å². The summed E-state index contributed by atoms with van der Waals surface area (Å²) in [4.78, 5) is 0. The van der Waals surface area contributed by atoms with E-state index in [4.69, 9.17) is 34.8 Å². The number of nitrogens with zero attached hydrogens (tertiary/aromatic N) is 1. The van der Waals surface area contributed by atoms with E-state index < -0.39 is 5.54 Å². The summed E-state index contributed by atoms with van der Waals surface area (Å²) in [6, 6.07) is 12.8. The van der Waals surface area contributed by atoms with Gasteiger partial charge in [-0.2, -0.15) is 5.26 Å². The molecule has 1 N–H and O–H groups in total. The number of nitrogens with one attached hydrogen (secondary N) is 1. The van der Waals surface area contributed by atoms with Crippen molar-refractivity contribution >= 4 is 56.4 Å². The summed E-state index contributed by atoms with van der Waals surface area (Å²) in [7, 11) is 0. The average Bonchev–Trinajstić information content (AvgIpc) is 2.45. The topological polar surface area (TPSA) is 35.8 Å². The lowest BCUT2D eigenvalue weighted by Gasteiger charge is -2.25. The second kappa shape index (κ2) is 6.46. The first-order valence-electron chi connectivity index (χ1n) is 5.96. The van der Waals surface area contributed by atoms with Crippen molar-refractivity contribution in [1.29, 1.82) is 5.26 Å². The maximum absolute atomic E-state index is 9.56. The Morgan fingerprint density at radius 2 is 1.71 bits per heavy atom. The highest BCUT2D eigenvalue weighted by Gasteiger charge is 2.27. The van der Waals surface area contributed by atoms with Crippen molar-refractivity contribution in [3.8, 4) is 6.07 Å². The van der Waals surface area contributed by atoms with E-state index in [9.17, 15) is 5.26 Å². The van der Waals surface area contributed by atoms with E-state index in [1.54, 1.807) is 37.3 Å². The van der Waals surface area contributed by atoms with Crippen LogP contribution in [0.15, 0.2) is 40.9 Å². The molecule has 1 unspecified atom stereocenters. The van der Waals surface area contributed by atoms with Gasteiger partial charge in [0.1, 0.15) is 5.54 Å². The van der Waals surface area contributed by atoms with Crippen molar-refractivity contribution in [1.82, 2.24) is 0 Å². The van der Waals surface area contributed by atoms with Gasteiger partial charge in [-0.25, -0.2) is 0 Å². The minimum Gasteiger partial charge on any atom is -0.364 e. The standard InChI is InChI=1S/C15H10BrCl3N2/c1-15(8-20,9-2-4-13(18)14(19)6-9)21-10-3-5-12(17)11(16)7-10/h2-7,21H,1H3. The van der Waals surface area contributed by atoms with Crippen LogP contribution in [0.25, 0.3) is 0 Å². The Balaban J connectivity index is 2.39. The first-order chi connectivity index (χ1) is 9.85. The Bertz CT molecular complexity index is 727. The summed E-state index contributed by atoms with van der Waals surface area (Å²) >= 11 is 21.3. The van der Waals surface area contributed by atoms with E-state index in [2.05, 4.69) is 27.3 Å². The highest BCUT2D eigenvalue weighted by molar-refractivity contribution is 9.10.